The topological polar surface area (TPSA) is 51.6 Å². The second kappa shape index (κ2) is 5.40. The van der Waals surface area contributed by atoms with Crippen molar-refractivity contribution in [1.82, 2.24) is 19.9 Å². The van der Waals surface area contributed by atoms with Gasteiger partial charge >= 0.3 is 0 Å². The van der Waals surface area contributed by atoms with Gasteiger partial charge in [-0.25, -0.2) is 19.9 Å². The zero-order valence-electron chi connectivity index (χ0n) is 9.86. The van der Waals surface area contributed by atoms with E-state index >= 15 is 0 Å². The van der Waals surface area contributed by atoms with Gasteiger partial charge in [0.1, 0.15) is 12.7 Å². The van der Waals surface area contributed by atoms with Gasteiger partial charge in [-0.15, -0.1) is 0 Å². The average Bonchev–Trinajstić information content (AvgIpc) is 2.48. The number of hydrogen-bond donors (Lipinski definition) is 0. The van der Waals surface area contributed by atoms with Crippen LogP contribution in [-0.4, -0.2) is 19.9 Å². The zero-order chi connectivity index (χ0) is 13.1. The van der Waals surface area contributed by atoms with Gasteiger partial charge in [0.15, 0.2) is 0 Å². The third-order valence-corrected chi connectivity index (χ3v) is 3.31. The molecule has 1 aromatic carbocycles. The van der Waals surface area contributed by atoms with Crippen LogP contribution in [0, 0.1) is 3.57 Å². The summed E-state index contributed by atoms with van der Waals surface area (Å²) in [5, 5.41) is 0. The molecule has 0 unspecified atom stereocenters. The van der Waals surface area contributed by atoms with E-state index in [0.29, 0.717) is 0 Å². The molecule has 0 aliphatic rings. The van der Waals surface area contributed by atoms with Crippen LogP contribution in [0.5, 0.6) is 0 Å². The molecular weight excluding hydrogens is 351 g/mol. The maximum Gasteiger partial charge on any atom is 0.115 e. The monoisotopic (exact) mass is 360 g/mol. The van der Waals surface area contributed by atoms with Crippen molar-refractivity contribution >= 4 is 22.6 Å². The van der Waals surface area contributed by atoms with Crippen molar-refractivity contribution in [3.05, 3.63) is 59.2 Å². The molecule has 0 radical (unpaired) electrons. The van der Waals surface area contributed by atoms with Gasteiger partial charge in [0.25, 0.3) is 0 Å². The standard InChI is InChI=1S/C14H9IN4/c15-14-2-10(12-4-16-8-17-5-12)1-11(3-14)13-6-18-9-19-7-13/h1-9H. The van der Waals surface area contributed by atoms with Crippen molar-refractivity contribution in [3.63, 3.8) is 0 Å². The Balaban J connectivity index is 2.12. The van der Waals surface area contributed by atoms with E-state index in [-0.39, 0.29) is 0 Å². The Morgan fingerprint density at radius 2 is 1.00 bits per heavy atom. The highest BCUT2D eigenvalue weighted by Crippen LogP contribution is 2.27. The van der Waals surface area contributed by atoms with Crippen LogP contribution in [0.3, 0.4) is 0 Å². The lowest BCUT2D eigenvalue weighted by atomic mass is 10.0. The molecule has 19 heavy (non-hydrogen) atoms. The van der Waals surface area contributed by atoms with Crippen LogP contribution >= 0.6 is 22.6 Å². The van der Waals surface area contributed by atoms with Crippen LogP contribution < -0.4 is 0 Å². The molecule has 0 spiro atoms. The summed E-state index contributed by atoms with van der Waals surface area (Å²) in [5.41, 5.74) is 4.18. The molecule has 0 aliphatic carbocycles. The van der Waals surface area contributed by atoms with Gasteiger partial charge in [0, 0.05) is 39.5 Å². The molecule has 0 fully saturated rings. The molecule has 0 saturated carbocycles. The molecule has 5 heteroatoms. The molecule has 0 atom stereocenters. The van der Waals surface area contributed by atoms with Crippen LogP contribution in [0.4, 0.5) is 0 Å². The molecule has 0 aliphatic heterocycles. The van der Waals surface area contributed by atoms with Gasteiger partial charge in [-0.3, -0.25) is 0 Å². The third kappa shape index (κ3) is 2.76. The van der Waals surface area contributed by atoms with Crippen molar-refractivity contribution in [2.24, 2.45) is 0 Å². The fourth-order valence-corrected chi connectivity index (χ4v) is 2.49. The number of halogens is 1. The SMILES string of the molecule is Ic1cc(-c2cncnc2)cc(-c2cncnc2)c1. The fourth-order valence-electron chi connectivity index (χ4n) is 1.82. The van der Waals surface area contributed by atoms with Crippen molar-refractivity contribution < 1.29 is 0 Å². The molecule has 2 heterocycles. The first kappa shape index (κ1) is 12.2. The smallest absolute Gasteiger partial charge is 0.115 e. The average molecular weight is 360 g/mol. The van der Waals surface area contributed by atoms with E-state index in [1.54, 1.807) is 0 Å². The van der Waals surface area contributed by atoms with Crippen molar-refractivity contribution in [2.75, 3.05) is 0 Å². The lowest BCUT2D eigenvalue weighted by molar-refractivity contribution is 1.17. The first-order valence-electron chi connectivity index (χ1n) is 5.64. The second-order valence-corrected chi connectivity index (χ2v) is 5.23. The Labute approximate surface area is 124 Å². The third-order valence-electron chi connectivity index (χ3n) is 2.69. The predicted octanol–water partition coefficient (Wildman–Crippen LogP) is 3.21. The highest BCUT2D eigenvalue weighted by atomic mass is 127. The Bertz CT molecular complexity index is 629. The second-order valence-electron chi connectivity index (χ2n) is 3.98. The van der Waals surface area contributed by atoms with E-state index in [0.717, 1.165) is 25.8 Å². The van der Waals surface area contributed by atoms with Gasteiger partial charge < -0.3 is 0 Å². The fraction of sp³-hybridized carbons (Fsp3) is 0. The summed E-state index contributed by atoms with van der Waals surface area (Å²) in [6.07, 6.45) is 10.3. The van der Waals surface area contributed by atoms with E-state index < -0.39 is 0 Å². The molecule has 3 rings (SSSR count). The van der Waals surface area contributed by atoms with Crippen LogP contribution in [0.1, 0.15) is 0 Å². The lowest BCUT2D eigenvalue weighted by Gasteiger charge is -2.06. The van der Waals surface area contributed by atoms with Crippen molar-refractivity contribution in [3.8, 4) is 22.3 Å². The molecule has 4 nitrogen and oxygen atoms in total. The minimum Gasteiger partial charge on any atom is -0.244 e. The number of nitrogens with zero attached hydrogens (tertiary/aromatic N) is 4. The van der Waals surface area contributed by atoms with E-state index in [1.165, 1.54) is 12.7 Å². The quantitative estimate of drug-likeness (QED) is 0.659. The number of benzene rings is 1. The minimum absolute atomic E-state index is 0.999. The Morgan fingerprint density at radius 1 is 0.579 bits per heavy atom. The van der Waals surface area contributed by atoms with Crippen LogP contribution in [0.2, 0.25) is 0 Å². The maximum absolute atomic E-state index is 4.05. The number of aromatic nitrogens is 4. The van der Waals surface area contributed by atoms with Crippen LogP contribution in [0.25, 0.3) is 22.3 Å². The first-order valence-corrected chi connectivity index (χ1v) is 6.72. The van der Waals surface area contributed by atoms with Crippen molar-refractivity contribution in [2.45, 2.75) is 0 Å². The molecule has 0 amide bonds. The van der Waals surface area contributed by atoms with E-state index in [9.17, 15) is 0 Å². The Morgan fingerprint density at radius 3 is 1.42 bits per heavy atom. The molecule has 0 saturated heterocycles. The molecule has 0 bridgehead atoms. The highest BCUT2D eigenvalue weighted by Gasteiger charge is 2.05. The summed E-state index contributed by atoms with van der Waals surface area (Å²) >= 11 is 2.30. The zero-order valence-corrected chi connectivity index (χ0v) is 12.0. The highest BCUT2D eigenvalue weighted by molar-refractivity contribution is 14.1. The summed E-state index contributed by atoms with van der Waals surface area (Å²) in [7, 11) is 0. The van der Waals surface area contributed by atoms with E-state index in [4.69, 9.17) is 0 Å². The summed E-state index contributed by atoms with van der Waals surface area (Å²) in [5.74, 6) is 0. The molecule has 2 aromatic heterocycles. The van der Waals surface area contributed by atoms with Gasteiger partial charge in [0.2, 0.25) is 0 Å². The molecule has 0 N–H and O–H groups in total. The van der Waals surface area contributed by atoms with E-state index in [2.05, 4.69) is 60.7 Å². The van der Waals surface area contributed by atoms with Crippen LogP contribution in [-0.2, 0) is 0 Å². The van der Waals surface area contributed by atoms with Crippen molar-refractivity contribution in [1.29, 1.82) is 0 Å². The summed E-state index contributed by atoms with van der Waals surface area (Å²) in [4.78, 5) is 16.2. The summed E-state index contributed by atoms with van der Waals surface area (Å²) in [6.45, 7) is 0. The molecule has 3 aromatic rings. The summed E-state index contributed by atoms with van der Waals surface area (Å²) < 4.78 is 1.15. The largest absolute Gasteiger partial charge is 0.244 e. The number of rotatable bonds is 2. The Hall–Kier alpha value is -1.89. The van der Waals surface area contributed by atoms with Gasteiger partial charge in [-0.05, 0) is 51.9 Å². The Kier molecular flexibility index (Phi) is 3.45. The van der Waals surface area contributed by atoms with Crippen LogP contribution in [0.15, 0.2) is 55.6 Å². The molecular formula is C14H9IN4. The van der Waals surface area contributed by atoms with Gasteiger partial charge in [0.05, 0.1) is 0 Å². The molecule has 92 valence electrons. The maximum atomic E-state index is 4.05. The van der Waals surface area contributed by atoms with E-state index in [1.807, 2.05) is 24.8 Å². The minimum atomic E-state index is 0.999. The normalized spacial score (nSPS) is 10.4. The first-order chi connectivity index (χ1) is 9.33. The van der Waals surface area contributed by atoms with Gasteiger partial charge in [-0.2, -0.15) is 0 Å². The summed E-state index contributed by atoms with van der Waals surface area (Å²) in [6, 6.07) is 6.30. The lowest BCUT2D eigenvalue weighted by Crippen LogP contribution is -1.87. The number of hydrogen-bond acceptors (Lipinski definition) is 4. The predicted molar refractivity (Wildman–Crippen MR) is 81.2 cm³/mol. The van der Waals surface area contributed by atoms with Gasteiger partial charge in [-0.1, -0.05) is 0 Å².